The summed E-state index contributed by atoms with van der Waals surface area (Å²) in [5, 5.41) is 9.43. The summed E-state index contributed by atoms with van der Waals surface area (Å²) in [4.78, 5) is 19.8. The van der Waals surface area contributed by atoms with E-state index >= 15 is 0 Å². The van der Waals surface area contributed by atoms with Gasteiger partial charge in [0.1, 0.15) is 11.5 Å². The van der Waals surface area contributed by atoms with Crippen molar-refractivity contribution in [3.05, 3.63) is 65.5 Å². The van der Waals surface area contributed by atoms with Crippen molar-refractivity contribution in [1.29, 1.82) is 0 Å². The number of benzene rings is 2. The highest BCUT2D eigenvalue weighted by Gasteiger charge is 2.14. The number of amides is 1. The number of nitrogens with one attached hydrogen (secondary N) is 3. The van der Waals surface area contributed by atoms with Crippen LogP contribution in [0.5, 0.6) is 0 Å². The molecule has 7 heteroatoms. The van der Waals surface area contributed by atoms with Crippen molar-refractivity contribution in [2.45, 2.75) is 6.92 Å². The first kappa shape index (κ1) is 15.1. The second-order valence-electron chi connectivity index (χ2n) is 5.71. The van der Waals surface area contributed by atoms with Gasteiger partial charge in [-0.3, -0.25) is 9.89 Å². The molecule has 6 nitrogen and oxygen atoms in total. The van der Waals surface area contributed by atoms with Gasteiger partial charge in [0.05, 0.1) is 16.6 Å². The third-order valence-corrected chi connectivity index (χ3v) is 3.83. The Bertz CT molecular complexity index is 1050. The molecule has 0 saturated carbocycles. The molecular formula is C18H14FN5O. The minimum absolute atomic E-state index is 0.0288. The maximum atomic E-state index is 13.9. The Labute approximate surface area is 142 Å². The number of nitrogens with zero attached hydrogens (tertiary/aromatic N) is 2. The minimum atomic E-state index is -0.564. The number of rotatable bonds is 3. The van der Waals surface area contributed by atoms with E-state index in [0.29, 0.717) is 17.3 Å². The van der Waals surface area contributed by atoms with E-state index < -0.39 is 11.7 Å². The zero-order valence-corrected chi connectivity index (χ0v) is 13.3. The summed E-state index contributed by atoms with van der Waals surface area (Å²) in [7, 11) is 0. The van der Waals surface area contributed by atoms with Crippen LogP contribution in [0.1, 0.15) is 15.9 Å². The topological polar surface area (TPSA) is 86.5 Å². The molecule has 2 aromatic heterocycles. The van der Waals surface area contributed by atoms with Gasteiger partial charge in [-0.15, -0.1) is 0 Å². The maximum absolute atomic E-state index is 13.9. The molecule has 0 radical (unpaired) electrons. The SMILES string of the molecule is Cc1ccc(C(=O)Nc2cc(-c3nc4ccccc4[nH]3)[nH]n2)c(F)c1. The number of imidazole rings is 1. The molecule has 3 N–H and O–H groups in total. The van der Waals surface area contributed by atoms with Crippen molar-refractivity contribution in [1.82, 2.24) is 20.2 Å². The summed E-state index contributed by atoms with van der Waals surface area (Å²) in [6.45, 7) is 1.76. The number of halogens is 1. The van der Waals surface area contributed by atoms with Crippen LogP contribution in [0.25, 0.3) is 22.6 Å². The first-order valence-electron chi connectivity index (χ1n) is 7.68. The van der Waals surface area contributed by atoms with E-state index in [1.165, 1.54) is 12.1 Å². The molecule has 0 aliphatic rings. The summed E-state index contributed by atoms with van der Waals surface area (Å²) in [6, 6.07) is 13.7. The van der Waals surface area contributed by atoms with Crippen molar-refractivity contribution >= 4 is 22.8 Å². The van der Waals surface area contributed by atoms with E-state index in [-0.39, 0.29) is 5.56 Å². The van der Waals surface area contributed by atoms with Gasteiger partial charge in [0, 0.05) is 6.07 Å². The van der Waals surface area contributed by atoms with E-state index in [9.17, 15) is 9.18 Å². The number of aromatic amines is 2. The minimum Gasteiger partial charge on any atom is -0.337 e. The van der Waals surface area contributed by atoms with E-state index in [1.54, 1.807) is 19.1 Å². The van der Waals surface area contributed by atoms with Crippen molar-refractivity contribution in [2.24, 2.45) is 0 Å². The fourth-order valence-corrected chi connectivity index (χ4v) is 2.58. The molecule has 25 heavy (non-hydrogen) atoms. The third kappa shape index (κ3) is 2.87. The van der Waals surface area contributed by atoms with Gasteiger partial charge in [-0.2, -0.15) is 5.10 Å². The number of aryl methyl sites for hydroxylation is 1. The number of H-pyrrole nitrogens is 2. The molecule has 0 bridgehead atoms. The summed E-state index contributed by atoms with van der Waals surface area (Å²) < 4.78 is 13.9. The molecule has 0 aliphatic carbocycles. The first-order chi connectivity index (χ1) is 12.1. The average molecular weight is 335 g/mol. The largest absolute Gasteiger partial charge is 0.337 e. The number of hydrogen-bond acceptors (Lipinski definition) is 3. The third-order valence-electron chi connectivity index (χ3n) is 3.83. The van der Waals surface area contributed by atoms with Gasteiger partial charge in [0.2, 0.25) is 0 Å². The van der Waals surface area contributed by atoms with Gasteiger partial charge in [-0.25, -0.2) is 9.37 Å². The van der Waals surface area contributed by atoms with Gasteiger partial charge in [-0.1, -0.05) is 18.2 Å². The number of para-hydroxylation sites is 2. The number of carbonyl (C=O) groups is 1. The van der Waals surface area contributed by atoms with Crippen molar-refractivity contribution in [3.63, 3.8) is 0 Å². The fourth-order valence-electron chi connectivity index (χ4n) is 2.58. The van der Waals surface area contributed by atoms with Crippen LogP contribution < -0.4 is 5.32 Å². The number of aromatic nitrogens is 4. The van der Waals surface area contributed by atoms with Crippen LogP contribution in [0.2, 0.25) is 0 Å². The lowest BCUT2D eigenvalue weighted by molar-refractivity contribution is 0.102. The number of hydrogen-bond donors (Lipinski definition) is 3. The van der Waals surface area contributed by atoms with Crippen LogP contribution in [-0.2, 0) is 0 Å². The number of fused-ring (bicyclic) bond motifs is 1. The second-order valence-corrected chi connectivity index (χ2v) is 5.71. The lowest BCUT2D eigenvalue weighted by Gasteiger charge is -2.03. The van der Waals surface area contributed by atoms with E-state index in [4.69, 9.17) is 0 Å². The average Bonchev–Trinajstić information content (AvgIpc) is 3.20. The van der Waals surface area contributed by atoms with Crippen LogP contribution in [0.15, 0.2) is 48.5 Å². The molecule has 0 aliphatic heterocycles. The zero-order valence-electron chi connectivity index (χ0n) is 13.3. The number of carbonyl (C=O) groups excluding carboxylic acids is 1. The highest BCUT2D eigenvalue weighted by Crippen LogP contribution is 2.21. The molecule has 2 heterocycles. The molecule has 4 rings (SSSR count). The standard InChI is InChI=1S/C18H14FN5O/c1-10-6-7-11(12(19)8-10)18(25)22-16-9-15(23-24-16)17-20-13-4-2-3-5-14(13)21-17/h2-9H,1H3,(H,20,21)(H2,22,23,24,25). The van der Waals surface area contributed by atoms with Crippen molar-refractivity contribution < 1.29 is 9.18 Å². The fraction of sp³-hybridized carbons (Fsp3) is 0.0556. The van der Waals surface area contributed by atoms with Crippen LogP contribution in [0, 0.1) is 12.7 Å². The van der Waals surface area contributed by atoms with Crippen LogP contribution in [-0.4, -0.2) is 26.1 Å². The lowest BCUT2D eigenvalue weighted by Crippen LogP contribution is -2.14. The van der Waals surface area contributed by atoms with Crippen LogP contribution in [0.3, 0.4) is 0 Å². The van der Waals surface area contributed by atoms with Crippen LogP contribution in [0.4, 0.5) is 10.2 Å². The number of anilines is 1. The molecule has 0 atom stereocenters. The quantitative estimate of drug-likeness (QED) is 0.534. The predicted octanol–water partition coefficient (Wildman–Crippen LogP) is 3.65. The highest BCUT2D eigenvalue weighted by molar-refractivity contribution is 6.04. The molecule has 0 saturated heterocycles. The van der Waals surface area contributed by atoms with Gasteiger partial charge >= 0.3 is 0 Å². The molecular weight excluding hydrogens is 321 g/mol. The molecule has 2 aromatic carbocycles. The Morgan fingerprint density at radius 1 is 1.16 bits per heavy atom. The van der Waals surface area contributed by atoms with Crippen molar-refractivity contribution in [3.8, 4) is 11.5 Å². The Hall–Kier alpha value is -3.48. The van der Waals surface area contributed by atoms with Gasteiger partial charge < -0.3 is 10.3 Å². The Morgan fingerprint density at radius 2 is 2.00 bits per heavy atom. The molecule has 4 aromatic rings. The second kappa shape index (κ2) is 5.86. The van der Waals surface area contributed by atoms with E-state index in [0.717, 1.165) is 16.6 Å². The van der Waals surface area contributed by atoms with Gasteiger partial charge in [0.15, 0.2) is 11.6 Å². The van der Waals surface area contributed by atoms with E-state index in [1.807, 2.05) is 24.3 Å². The molecule has 124 valence electrons. The Kier molecular flexibility index (Phi) is 3.53. The summed E-state index contributed by atoms with van der Waals surface area (Å²) in [5.41, 5.74) is 3.08. The lowest BCUT2D eigenvalue weighted by atomic mass is 10.1. The van der Waals surface area contributed by atoms with E-state index in [2.05, 4.69) is 25.5 Å². The Morgan fingerprint density at radius 3 is 2.80 bits per heavy atom. The molecule has 0 fully saturated rings. The summed E-state index contributed by atoms with van der Waals surface area (Å²) in [5.74, 6) is -0.221. The Balaban J connectivity index is 1.57. The normalized spacial score (nSPS) is 11.0. The van der Waals surface area contributed by atoms with Crippen LogP contribution >= 0.6 is 0 Å². The predicted molar refractivity (Wildman–Crippen MR) is 92.8 cm³/mol. The first-order valence-corrected chi connectivity index (χ1v) is 7.68. The van der Waals surface area contributed by atoms with Gasteiger partial charge in [-0.05, 0) is 36.8 Å². The monoisotopic (exact) mass is 335 g/mol. The zero-order chi connectivity index (χ0) is 17.4. The smallest absolute Gasteiger partial charge is 0.259 e. The summed E-state index contributed by atoms with van der Waals surface area (Å²) >= 11 is 0. The maximum Gasteiger partial charge on any atom is 0.259 e. The molecule has 0 unspecified atom stereocenters. The molecule has 0 spiro atoms. The van der Waals surface area contributed by atoms with Gasteiger partial charge in [0.25, 0.3) is 5.91 Å². The molecule has 1 amide bonds. The van der Waals surface area contributed by atoms with Crippen molar-refractivity contribution in [2.75, 3.05) is 5.32 Å². The summed E-state index contributed by atoms with van der Waals surface area (Å²) in [6.07, 6.45) is 0. The highest BCUT2D eigenvalue weighted by atomic mass is 19.1.